The Labute approximate surface area is 121 Å². The summed E-state index contributed by atoms with van der Waals surface area (Å²) in [6.45, 7) is 5.65. The molecule has 1 aromatic carbocycles. The minimum Gasteiger partial charge on any atom is -0.464 e. The molecule has 0 heterocycles. The lowest BCUT2D eigenvalue weighted by molar-refractivity contribution is -0.158. The van der Waals surface area contributed by atoms with Crippen LogP contribution < -0.4 is 0 Å². The molecule has 4 heteroatoms. The first-order chi connectivity index (χ1) is 9.77. The number of rotatable bonds is 10. The van der Waals surface area contributed by atoms with Crippen molar-refractivity contribution in [1.82, 2.24) is 0 Å². The van der Waals surface area contributed by atoms with E-state index >= 15 is 0 Å². The average molecular weight is 280 g/mol. The van der Waals surface area contributed by atoms with Gasteiger partial charge in [-0.15, -0.1) is 0 Å². The standard InChI is InChI=1S/C16H24O4/c1-3-18-12-13-20-15(16(17)19-4-2)11-10-14-8-6-5-7-9-14/h5-9,15H,3-4,10-13H2,1-2H3/t15-/m0/s1. The highest BCUT2D eigenvalue weighted by molar-refractivity contribution is 5.74. The van der Waals surface area contributed by atoms with Crippen LogP contribution in [0, 0.1) is 0 Å². The number of ether oxygens (including phenoxy) is 3. The van der Waals surface area contributed by atoms with Crippen LogP contribution in [-0.4, -0.2) is 38.5 Å². The number of benzene rings is 1. The maximum Gasteiger partial charge on any atom is 0.335 e. The molecule has 0 fully saturated rings. The Morgan fingerprint density at radius 1 is 1.10 bits per heavy atom. The summed E-state index contributed by atoms with van der Waals surface area (Å²) in [5, 5.41) is 0. The zero-order valence-electron chi connectivity index (χ0n) is 12.3. The van der Waals surface area contributed by atoms with E-state index in [1.54, 1.807) is 6.92 Å². The van der Waals surface area contributed by atoms with Gasteiger partial charge in [-0.05, 0) is 32.3 Å². The first-order valence-corrected chi connectivity index (χ1v) is 7.17. The van der Waals surface area contributed by atoms with Crippen molar-refractivity contribution < 1.29 is 19.0 Å². The number of esters is 1. The fourth-order valence-electron chi connectivity index (χ4n) is 1.84. The highest BCUT2D eigenvalue weighted by atomic mass is 16.6. The Hall–Kier alpha value is -1.39. The molecule has 0 aliphatic heterocycles. The molecule has 0 amide bonds. The van der Waals surface area contributed by atoms with Gasteiger partial charge in [0.2, 0.25) is 0 Å². The Morgan fingerprint density at radius 2 is 1.85 bits per heavy atom. The molecule has 112 valence electrons. The lowest BCUT2D eigenvalue weighted by Crippen LogP contribution is -2.28. The van der Waals surface area contributed by atoms with Crippen molar-refractivity contribution in [1.29, 1.82) is 0 Å². The zero-order chi connectivity index (χ0) is 14.6. The van der Waals surface area contributed by atoms with E-state index < -0.39 is 6.10 Å². The van der Waals surface area contributed by atoms with Crippen molar-refractivity contribution >= 4 is 5.97 Å². The maximum atomic E-state index is 11.8. The summed E-state index contributed by atoms with van der Waals surface area (Å²) in [7, 11) is 0. The summed E-state index contributed by atoms with van der Waals surface area (Å²) in [4.78, 5) is 11.8. The third-order valence-corrected chi connectivity index (χ3v) is 2.84. The highest BCUT2D eigenvalue weighted by Crippen LogP contribution is 2.09. The van der Waals surface area contributed by atoms with Crippen LogP contribution in [0.3, 0.4) is 0 Å². The summed E-state index contributed by atoms with van der Waals surface area (Å²) in [5.41, 5.74) is 1.19. The fourth-order valence-corrected chi connectivity index (χ4v) is 1.84. The van der Waals surface area contributed by atoms with Crippen LogP contribution in [0.5, 0.6) is 0 Å². The number of hydrogen-bond donors (Lipinski definition) is 0. The van der Waals surface area contributed by atoms with Crippen molar-refractivity contribution in [2.75, 3.05) is 26.4 Å². The molecule has 1 atom stereocenters. The van der Waals surface area contributed by atoms with Gasteiger partial charge in [0.25, 0.3) is 0 Å². The van der Waals surface area contributed by atoms with Crippen molar-refractivity contribution in [3.05, 3.63) is 35.9 Å². The van der Waals surface area contributed by atoms with E-state index in [4.69, 9.17) is 14.2 Å². The van der Waals surface area contributed by atoms with Gasteiger partial charge in [-0.1, -0.05) is 30.3 Å². The van der Waals surface area contributed by atoms with Gasteiger partial charge in [-0.25, -0.2) is 4.79 Å². The molecule has 0 radical (unpaired) electrons. The predicted molar refractivity (Wildman–Crippen MR) is 77.6 cm³/mol. The van der Waals surface area contributed by atoms with Gasteiger partial charge in [0.05, 0.1) is 19.8 Å². The quantitative estimate of drug-likeness (QED) is 0.488. The first-order valence-electron chi connectivity index (χ1n) is 7.17. The SMILES string of the molecule is CCOCCO[C@@H](CCc1ccccc1)C(=O)OCC. The smallest absolute Gasteiger partial charge is 0.335 e. The molecule has 1 rings (SSSR count). The Bertz CT molecular complexity index is 364. The Kier molecular flexibility index (Phi) is 8.67. The Morgan fingerprint density at radius 3 is 2.50 bits per heavy atom. The predicted octanol–water partition coefficient (Wildman–Crippen LogP) is 2.60. The van der Waals surface area contributed by atoms with Crippen LogP contribution in [0.15, 0.2) is 30.3 Å². The minimum absolute atomic E-state index is 0.292. The molecule has 0 aromatic heterocycles. The van der Waals surface area contributed by atoms with Crippen molar-refractivity contribution in [3.8, 4) is 0 Å². The second-order valence-electron chi connectivity index (χ2n) is 4.33. The lowest BCUT2D eigenvalue weighted by Gasteiger charge is -2.16. The molecular weight excluding hydrogens is 256 g/mol. The zero-order valence-corrected chi connectivity index (χ0v) is 12.3. The topological polar surface area (TPSA) is 44.8 Å². The van der Waals surface area contributed by atoms with E-state index in [2.05, 4.69) is 0 Å². The fraction of sp³-hybridized carbons (Fsp3) is 0.562. The largest absolute Gasteiger partial charge is 0.464 e. The normalized spacial score (nSPS) is 12.1. The molecule has 0 spiro atoms. The second kappa shape index (κ2) is 10.4. The molecule has 0 saturated carbocycles. The van der Waals surface area contributed by atoms with Gasteiger partial charge in [-0.3, -0.25) is 0 Å². The van der Waals surface area contributed by atoms with Crippen LogP contribution in [0.4, 0.5) is 0 Å². The average Bonchev–Trinajstić information content (AvgIpc) is 2.47. The van der Waals surface area contributed by atoms with Gasteiger partial charge in [-0.2, -0.15) is 0 Å². The summed E-state index contributed by atoms with van der Waals surface area (Å²) in [6.07, 6.45) is 0.893. The highest BCUT2D eigenvalue weighted by Gasteiger charge is 2.20. The van der Waals surface area contributed by atoms with Gasteiger partial charge >= 0.3 is 5.97 Å². The molecule has 0 bridgehead atoms. The monoisotopic (exact) mass is 280 g/mol. The van der Waals surface area contributed by atoms with Crippen LogP contribution in [-0.2, 0) is 25.4 Å². The van der Waals surface area contributed by atoms with Crippen molar-refractivity contribution in [2.24, 2.45) is 0 Å². The number of carbonyl (C=O) groups is 1. The van der Waals surface area contributed by atoms with Crippen molar-refractivity contribution in [3.63, 3.8) is 0 Å². The minimum atomic E-state index is -0.518. The Balaban J connectivity index is 2.42. The van der Waals surface area contributed by atoms with Crippen molar-refractivity contribution in [2.45, 2.75) is 32.8 Å². The molecule has 20 heavy (non-hydrogen) atoms. The first kappa shape index (κ1) is 16.7. The van der Waals surface area contributed by atoms with E-state index in [1.165, 1.54) is 5.56 Å². The van der Waals surface area contributed by atoms with Crippen LogP contribution in [0.1, 0.15) is 25.8 Å². The van der Waals surface area contributed by atoms with E-state index in [0.717, 1.165) is 6.42 Å². The second-order valence-corrected chi connectivity index (χ2v) is 4.33. The van der Waals surface area contributed by atoms with Gasteiger partial charge in [0.15, 0.2) is 6.10 Å². The van der Waals surface area contributed by atoms with Gasteiger partial charge in [0, 0.05) is 6.61 Å². The van der Waals surface area contributed by atoms with Crippen LogP contribution >= 0.6 is 0 Å². The third kappa shape index (κ3) is 6.68. The molecule has 0 aliphatic carbocycles. The molecule has 4 nitrogen and oxygen atoms in total. The van der Waals surface area contributed by atoms with E-state index in [0.29, 0.717) is 32.8 Å². The summed E-state index contributed by atoms with van der Waals surface area (Å²) in [5.74, 6) is -0.292. The van der Waals surface area contributed by atoms with Gasteiger partial charge in [0.1, 0.15) is 0 Å². The lowest BCUT2D eigenvalue weighted by atomic mass is 10.1. The maximum absolute atomic E-state index is 11.8. The van der Waals surface area contributed by atoms with E-state index in [-0.39, 0.29) is 5.97 Å². The molecule has 0 unspecified atom stereocenters. The van der Waals surface area contributed by atoms with E-state index in [1.807, 2.05) is 37.3 Å². The van der Waals surface area contributed by atoms with Crippen LogP contribution in [0.25, 0.3) is 0 Å². The summed E-state index contributed by atoms with van der Waals surface area (Å²) >= 11 is 0. The molecule has 0 saturated heterocycles. The molecule has 0 aliphatic rings. The number of hydrogen-bond acceptors (Lipinski definition) is 4. The molecular formula is C16H24O4. The molecule has 1 aromatic rings. The van der Waals surface area contributed by atoms with Crippen LogP contribution in [0.2, 0.25) is 0 Å². The van der Waals surface area contributed by atoms with Gasteiger partial charge < -0.3 is 14.2 Å². The molecule has 0 N–H and O–H groups in total. The third-order valence-electron chi connectivity index (χ3n) is 2.84. The summed E-state index contributed by atoms with van der Waals surface area (Å²) < 4.78 is 15.8. The number of aryl methyl sites for hydroxylation is 1. The summed E-state index contributed by atoms with van der Waals surface area (Å²) in [6, 6.07) is 10.0. The number of carbonyl (C=O) groups excluding carboxylic acids is 1. The van der Waals surface area contributed by atoms with E-state index in [9.17, 15) is 4.79 Å².